The maximum atomic E-state index is 10.3. The number of β-amino-alcohol motifs (C(OH)–C–C–N with tert-alkyl or cyclic N) is 1. The van der Waals surface area contributed by atoms with E-state index in [0.717, 1.165) is 31.7 Å². The van der Waals surface area contributed by atoms with Gasteiger partial charge in [0, 0.05) is 32.7 Å². The van der Waals surface area contributed by atoms with Crippen molar-refractivity contribution in [3.8, 4) is 0 Å². The standard InChI is InChI=1S/C21H27IN2O2/c22-21(19-9-5-2-6-10-19)24-13-11-23(12-14-24)15-20(25)17-26-16-18-7-3-1-4-8-18/h1-10,20-21,25H,11-17H2. The van der Waals surface area contributed by atoms with E-state index in [4.69, 9.17) is 4.74 Å². The van der Waals surface area contributed by atoms with Crippen LogP contribution in [0.3, 0.4) is 0 Å². The molecule has 0 radical (unpaired) electrons. The minimum Gasteiger partial charge on any atom is -0.389 e. The molecule has 0 amide bonds. The second kappa shape index (κ2) is 10.4. The molecule has 0 bridgehead atoms. The second-order valence-electron chi connectivity index (χ2n) is 6.74. The third kappa shape index (κ3) is 6.03. The summed E-state index contributed by atoms with van der Waals surface area (Å²) in [6.45, 7) is 5.65. The van der Waals surface area contributed by atoms with Gasteiger partial charge in [0.05, 0.1) is 23.4 Å². The fourth-order valence-corrected chi connectivity index (χ4v) is 4.21. The van der Waals surface area contributed by atoms with Gasteiger partial charge in [-0.15, -0.1) is 0 Å². The molecule has 3 rings (SSSR count). The van der Waals surface area contributed by atoms with Crippen LogP contribution in [0.25, 0.3) is 0 Å². The summed E-state index contributed by atoms with van der Waals surface area (Å²) in [5.41, 5.74) is 2.50. The topological polar surface area (TPSA) is 35.9 Å². The Morgan fingerprint density at radius 3 is 2.19 bits per heavy atom. The highest BCUT2D eigenvalue weighted by Gasteiger charge is 2.24. The molecule has 1 saturated heterocycles. The number of aliphatic hydroxyl groups excluding tert-OH is 1. The van der Waals surface area contributed by atoms with Crippen LogP contribution in [0, 0.1) is 0 Å². The molecule has 2 unspecified atom stereocenters. The first-order chi connectivity index (χ1) is 12.7. The Morgan fingerprint density at radius 2 is 1.54 bits per heavy atom. The van der Waals surface area contributed by atoms with E-state index in [1.807, 2.05) is 30.3 Å². The highest BCUT2D eigenvalue weighted by molar-refractivity contribution is 14.1. The van der Waals surface area contributed by atoms with Crippen LogP contribution >= 0.6 is 22.6 Å². The van der Waals surface area contributed by atoms with Gasteiger partial charge in [0.2, 0.25) is 0 Å². The largest absolute Gasteiger partial charge is 0.389 e. The number of benzene rings is 2. The lowest BCUT2D eigenvalue weighted by molar-refractivity contribution is 0.00100. The molecule has 0 aromatic heterocycles. The monoisotopic (exact) mass is 466 g/mol. The van der Waals surface area contributed by atoms with Gasteiger partial charge in [-0.25, -0.2) is 0 Å². The number of ether oxygens (including phenoxy) is 1. The molecule has 2 aromatic rings. The fourth-order valence-electron chi connectivity index (χ4n) is 3.23. The lowest BCUT2D eigenvalue weighted by Gasteiger charge is -2.38. The number of piperazine rings is 1. The van der Waals surface area contributed by atoms with E-state index in [1.165, 1.54) is 5.56 Å². The summed E-state index contributed by atoms with van der Waals surface area (Å²) in [5, 5.41) is 10.3. The first-order valence-corrected chi connectivity index (χ1v) is 10.4. The van der Waals surface area contributed by atoms with Gasteiger partial charge < -0.3 is 9.84 Å². The lowest BCUT2D eigenvalue weighted by atomic mass is 10.2. The number of halogens is 1. The highest BCUT2D eigenvalue weighted by Crippen LogP contribution is 2.28. The third-order valence-corrected chi connectivity index (χ3v) is 6.20. The van der Waals surface area contributed by atoms with E-state index >= 15 is 0 Å². The predicted molar refractivity (Wildman–Crippen MR) is 113 cm³/mol. The zero-order valence-electron chi connectivity index (χ0n) is 15.0. The molecular formula is C21H27IN2O2. The summed E-state index contributed by atoms with van der Waals surface area (Å²) in [6.07, 6.45) is -0.435. The summed E-state index contributed by atoms with van der Waals surface area (Å²) >= 11 is 2.52. The molecule has 0 spiro atoms. The Morgan fingerprint density at radius 1 is 0.923 bits per heavy atom. The zero-order valence-corrected chi connectivity index (χ0v) is 17.2. The van der Waals surface area contributed by atoms with Crippen LogP contribution in [0.4, 0.5) is 0 Å². The van der Waals surface area contributed by atoms with Crippen LogP contribution in [-0.4, -0.2) is 60.3 Å². The van der Waals surface area contributed by atoms with Crippen molar-refractivity contribution < 1.29 is 9.84 Å². The van der Waals surface area contributed by atoms with Crippen LogP contribution in [0.15, 0.2) is 60.7 Å². The quantitative estimate of drug-likeness (QED) is 0.368. The number of nitrogens with zero attached hydrogens (tertiary/aromatic N) is 2. The molecule has 1 N–H and O–H groups in total. The summed E-state index contributed by atoms with van der Waals surface area (Å²) < 4.78 is 6.06. The van der Waals surface area contributed by atoms with Crippen LogP contribution in [0.2, 0.25) is 0 Å². The van der Waals surface area contributed by atoms with Crippen LogP contribution in [-0.2, 0) is 11.3 Å². The van der Waals surface area contributed by atoms with Crippen molar-refractivity contribution in [2.45, 2.75) is 16.8 Å². The Bertz CT molecular complexity index is 633. The fraction of sp³-hybridized carbons (Fsp3) is 0.429. The van der Waals surface area contributed by atoms with Crippen molar-refractivity contribution in [2.24, 2.45) is 0 Å². The van der Waals surface area contributed by atoms with Crippen LogP contribution in [0.5, 0.6) is 0 Å². The van der Waals surface area contributed by atoms with E-state index in [1.54, 1.807) is 0 Å². The van der Waals surface area contributed by atoms with Crippen molar-refractivity contribution in [1.29, 1.82) is 0 Å². The summed E-state index contributed by atoms with van der Waals surface area (Å²) in [7, 11) is 0. The number of alkyl halides is 1. The van der Waals surface area contributed by atoms with Gasteiger partial charge in [-0.2, -0.15) is 0 Å². The van der Waals surface area contributed by atoms with E-state index in [9.17, 15) is 5.11 Å². The van der Waals surface area contributed by atoms with E-state index in [2.05, 4.69) is 62.7 Å². The van der Waals surface area contributed by atoms with Crippen LogP contribution in [0.1, 0.15) is 15.2 Å². The molecule has 0 aliphatic carbocycles. The molecule has 1 fully saturated rings. The molecule has 140 valence electrons. The van der Waals surface area contributed by atoms with E-state index < -0.39 is 6.10 Å². The van der Waals surface area contributed by atoms with Gasteiger partial charge in [0.1, 0.15) is 0 Å². The van der Waals surface area contributed by atoms with Gasteiger partial charge in [-0.1, -0.05) is 83.3 Å². The third-order valence-electron chi connectivity index (χ3n) is 4.69. The predicted octanol–water partition coefficient (Wildman–Crippen LogP) is 3.32. The van der Waals surface area contributed by atoms with Gasteiger partial charge in [-0.3, -0.25) is 9.80 Å². The van der Waals surface area contributed by atoms with E-state index in [0.29, 0.717) is 23.8 Å². The van der Waals surface area contributed by atoms with Crippen molar-refractivity contribution in [3.05, 3.63) is 71.8 Å². The Labute approximate surface area is 169 Å². The molecule has 26 heavy (non-hydrogen) atoms. The molecule has 1 aliphatic rings. The Hall–Kier alpha value is -0.990. The number of hydrogen-bond donors (Lipinski definition) is 1. The van der Waals surface area contributed by atoms with E-state index in [-0.39, 0.29) is 0 Å². The highest BCUT2D eigenvalue weighted by atomic mass is 127. The Kier molecular flexibility index (Phi) is 7.88. The van der Waals surface area contributed by atoms with Gasteiger partial charge >= 0.3 is 0 Å². The van der Waals surface area contributed by atoms with Gasteiger partial charge in [0.25, 0.3) is 0 Å². The average Bonchev–Trinajstić information content (AvgIpc) is 2.69. The van der Waals surface area contributed by atoms with Gasteiger partial charge in [-0.05, 0) is 11.1 Å². The zero-order chi connectivity index (χ0) is 18.2. The van der Waals surface area contributed by atoms with Crippen molar-refractivity contribution >= 4 is 22.6 Å². The minimum absolute atomic E-state index is 0.383. The molecule has 2 aromatic carbocycles. The summed E-state index contributed by atoms with van der Waals surface area (Å²) in [5.74, 6) is 0. The van der Waals surface area contributed by atoms with Crippen molar-refractivity contribution in [1.82, 2.24) is 9.80 Å². The smallest absolute Gasteiger partial charge is 0.0900 e. The van der Waals surface area contributed by atoms with Crippen molar-refractivity contribution in [3.63, 3.8) is 0 Å². The lowest BCUT2D eigenvalue weighted by Crippen LogP contribution is -2.49. The number of aliphatic hydroxyl groups is 1. The minimum atomic E-state index is -0.435. The Balaban J connectivity index is 1.35. The second-order valence-corrected chi connectivity index (χ2v) is 7.92. The summed E-state index contributed by atoms with van der Waals surface area (Å²) in [4.78, 5) is 4.84. The number of rotatable bonds is 8. The van der Waals surface area contributed by atoms with Crippen molar-refractivity contribution in [2.75, 3.05) is 39.3 Å². The molecular weight excluding hydrogens is 439 g/mol. The molecule has 1 heterocycles. The molecule has 0 saturated carbocycles. The maximum absolute atomic E-state index is 10.3. The molecule has 1 aliphatic heterocycles. The average molecular weight is 466 g/mol. The molecule has 5 heteroatoms. The SMILES string of the molecule is OC(COCc1ccccc1)CN1CCN(C(I)c2ccccc2)CC1. The number of hydrogen-bond acceptors (Lipinski definition) is 4. The molecule has 2 atom stereocenters. The first kappa shape index (κ1) is 19.8. The van der Waals surface area contributed by atoms with Crippen LogP contribution < -0.4 is 0 Å². The summed E-state index contributed by atoms with van der Waals surface area (Å²) in [6, 6.07) is 20.7. The molecule has 4 nitrogen and oxygen atoms in total. The van der Waals surface area contributed by atoms with Gasteiger partial charge in [0.15, 0.2) is 0 Å². The first-order valence-electron chi connectivity index (χ1n) is 9.17. The maximum Gasteiger partial charge on any atom is 0.0900 e. The normalized spacial score (nSPS) is 18.5.